The van der Waals surface area contributed by atoms with Crippen molar-refractivity contribution in [2.45, 2.75) is 13.3 Å². The molecule has 15 heavy (non-hydrogen) atoms. The minimum absolute atomic E-state index is 0.187. The third kappa shape index (κ3) is 2.34. The van der Waals surface area contributed by atoms with E-state index < -0.39 is 17.1 Å². The van der Waals surface area contributed by atoms with Crippen LogP contribution < -0.4 is 0 Å². The molecule has 0 fully saturated rings. The molecule has 0 bridgehead atoms. The van der Waals surface area contributed by atoms with Crippen molar-refractivity contribution in [2.24, 2.45) is 0 Å². The van der Waals surface area contributed by atoms with Crippen LogP contribution in [0.25, 0.3) is 0 Å². The first-order chi connectivity index (χ1) is 6.93. The molecule has 0 aliphatic carbocycles. The predicted molar refractivity (Wildman–Crippen MR) is 48.2 cm³/mol. The van der Waals surface area contributed by atoms with Gasteiger partial charge >= 0.3 is 6.43 Å². The molecular weight excluding hydrogens is 208 g/mol. The molecule has 0 amide bonds. The summed E-state index contributed by atoms with van der Waals surface area (Å²) in [4.78, 5) is 20.6. The quantitative estimate of drug-likeness (QED) is 0.441. The number of hydrogen-bond donors (Lipinski definition) is 0. The number of hydrogen-bond acceptors (Lipinski definition) is 3. The highest BCUT2D eigenvalue weighted by atomic mass is 19.3. The third-order valence-corrected chi connectivity index (χ3v) is 1.88. The summed E-state index contributed by atoms with van der Waals surface area (Å²) < 4.78 is 24.0. The maximum Gasteiger partial charge on any atom is 0.300 e. The fourth-order valence-corrected chi connectivity index (χ4v) is 1.14. The lowest BCUT2D eigenvalue weighted by Crippen LogP contribution is -2.10. The second-order valence-corrected chi connectivity index (χ2v) is 2.92. The number of nitro benzene ring substituents is 1. The van der Waals surface area contributed by atoms with Crippen LogP contribution in [-0.4, -0.2) is 17.1 Å². The second-order valence-electron chi connectivity index (χ2n) is 2.92. The molecule has 4 nitrogen and oxygen atoms in total. The monoisotopic (exact) mass is 215 g/mol. The van der Waals surface area contributed by atoms with Gasteiger partial charge in [-0.05, 0) is 19.1 Å². The summed E-state index contributed by atoms with van der Waals surface area (Å²) in [7, 11) is 0. The van der Waals surface area contributed by atoms with E-state index in [0.717, 1.165) is 18.2 Å². The Morgan fingerprint density at radius 3 is 2.47 bits per heavy atom. The summed E-state index contributed by atoms with van der Waals surface area (Å²) in [6.45, 7) is 1.39. The maximum absolute atomic E-state index is 12.0. The van der Waals surface area contributed by atoms with Gasteiger partial charge in [-0.2, -0.15) is 0 Å². The molecule has 0 unspecified atom stereocenters. The molecule has 0 aliphatic rings. The molecule has 1 aromatic carbocycles. The Labute approximate surface area is 83.7 Å². The maximum atomic E-state index is 12.0. The van der Waals surface area contributed by atoms with Gasteiger partial charge in [0, 0.05) is 17.2 Å². The summed E-state index contributed by atoms with van der Waals surface area (Å²) in [5.41, 5.74) is -0.222. The van der Waals surface area contributed by atoms with Gasteiger partial charge in [0.2, 0.25) is 5.78 Å². The van der Waals surface area contributed by atoms with E-state index in [1.54, 1.807) is 0 Å². The van der Waals surface area contributed by atoms with E-state index in [2.05, 4.69) is 0 Å². The highest BCUT2D eigenvalue weighted by Gasteiger charge is 2.20. The Hall–Kier alpha value is -1.85. The van der Waals surface area contributed by atoms with Crippen LogP contribution in [0.2, 0.25) is 0 Å². The number of carbonyl (C=O) groups excluding carboxylic acids is 1. The second kappa shape index (κ2) is 4.12. The van der Waals surface area contributed by atoms with Crippen LogP contribution in [0.3, 0.4) is 0 Å². The average Bonchev–Trinajstić information content (AvgIpc) is 2.15. The number of Topliss-reactive ketones (excluding diaryl/α,β-unsaturated/α-hetero) is 1. The van der Waals surface area contributed by atoms with E-state index >= 15 is 0 Å². The molecule has 0 saturated carbocycles. The largest absolute Gasteiger partial charge is 0.300 e. The number of rotatable bonds is 3. The zero-order valence-corrected chi connectivity index (χ0v) is 7.74. The summed E-state index contributed by atoms with van der Waals surface area (Å²) >= 11 is 0. The molecule has 0 heterocycles. The van der Waals surface area contributed by atoms with Crippen LogP contribution >= 0.6 is 0 Å². The zero-order chi connectivity index (χ0) is 11.6. The number of nitrogens with zero attached hydrogens (tertiary/aromatic N) is 1. The van der Waals surface area contributed by atoms with E-state index in [4.69, 9.17) is 0 Å². The van der Waals surface area contributed by atoms with E-state index in [1.165, 1.54) is 6.92 Å². The van der Waals surface area contributed by atoms with Crippen molar-refractivity contribution in [1.82, 2.24) is 0 Å². The van der Waals surface area contributed by atoms with Crippen molar-refractivity contribution in [3.63, 3.8) is 0 Å². The van der Waals surface area contributed by atoms with Gasteiger partial charge in [-0.1, -0.05) is 0 Å². The zero-order valence-electron chi connectivity index (χ0n) is 7.74. The van der Waals surface area contributed by atoms with Crippen molar-refractivity contribution < 1.29 is 18.5 Å². The average molecular weight is 215 g/mol. The molecule has 0 saturated heterocycles. The van der Waals surface area contributed by atoms with Gasteiger partial charge in [-0.25, -0.2) is 8.78 Å². The summed E-state index contributed by atoms with van der Waals surface area (Å²) in [6, 6.07) is 3.16. The van der Waals surface area contributed by atoms with Gasteiger partial charge in [-0.3, -0.25) is 14.9 Å². The first-order valence-electron chi connectivity index (χ1n) is 4.01. The third-order valence-electron chi connectivity index (χ3n) is 1.88. The molecule has 0 spiro atoms. The van der Waals surface area contributed by atoms with Crippen LogP contribution in [0, 0.1) is 17.0 Å². The van der Waals surface area contributed by atoms with E-state index in [9.17, 15) is 23.7 Å². The number of aryl methyl sites for hydroxylation is 1. The molecule has 0 radical (unpaired) electrons. The minimum atomic E-state index is -3.09. The van der Waals surface area contributed by atoms with E-state index in [-0.39, 0.29) is 16.8 Å². The van der Waals surface area contributed by atoms with Crippen molar-refractivity contribution in [1.29, 1.82) is 0 Å². The van der Waals surface area contributed by atoms with E-state index in [0.29, 0.717) is 0 Å². The van der Waals surface area contributed by atoms with Crippen LogP contribution in [0.1, 0.15) is 15.9 Å². The van der Waals surface area contributed by atoms with Gasteiger partial charge in [0.1, 0.15) is 0 Å². The highest BCUT2D eigenvalue weighted by molar-refractivity contribution is 5.98. The Morgan fingerprint density at radius 1 is 1.47 bits per heavy atom. The van der Waals surface area contributed by atoms with Crippen molar-refractivity contribution >= 4 is 11.5 Å². The van der Waals surface area contributed by atoms with Crippen LogP contribution in [-0.2, 0) is 0 Å². The van der Waals surface area contributed by atoms with Gasteiger partial charge in [0.25, 0.3) is 5.69 Å². The van der Waals surface area contributed by atoms with Crippen molar-refractivity contribution in [3.05, 3.63) is 39.4 Å². The number of halogens is 2. The van der Waals surface area contributed by atoms with Gasteiger partial charge in [0.15, 0.2) is 0 Å². The number of benzene rings is 1. The topological polar surface area (TPSA) is 60.2 Å². The number of ketones is 1. The SMILES string of the molecule is Cc1cc(C(=O)C(F)F)ccc1[N+](=O)[O-]. The van der Waals surface area contributed by atoms with Gasteiger partial charge in [0.05, 0.1) is 4.92 Å². The summed E-state index contributed by atoms with van der Waals surface area (Å²) in [5, 5.41) is 10.4. The Morgan fingerprint density at radius 2 is 2.07 bits per heavy atom. The standard InChI is InChI=1S/C9H7F2NO3/c1-5-4-6(8(13)9(10)11)2-3-7(5)12(14)15/h2-4,9H,1H3. The number of alkyl halides is 2. The normalized spacial score (nSPS) is 10.4. The fourth-order valence-electron chi connectivity index (χ4n) is 1.14. The fraction of sp³-hybridized carbons (Fsp3) is 0.222. The lowest BCUT2D eigenvalue weighted by atomic mass is 10.1. The summed E-state index contributed by atoms with van der Waals surface area (Å²) in [6.07, 6.45) is -3.09. The molecule has 0 N–H and O–H groups in total. The Bertz CT molecular complexity index is 418. The molecular formula is C9H7F2NO3. The van der Waals surface area contributed by atoms with Crippen molar-refractivity contribution in [2.75, 3.05) is 0 Å². The van der Waals surface area contributed by atoms with Crippen LogP contribution in [0.4, 0.5) is 14.5 Å². The molecule has 80 valence electrons. The molecule has 1 aromatic rings. The van der Waals surface area contributed by atoms with Crippen LogP contribution in [0.5, 0.6) is 0 Å². The van der Waals surface area contributed by atoms with Crippen LogP contribution in [0.15, 0.2) is 18.2 Å². The smallest absolute Gasteiger partial charge is 0.288 e. The molecule has 6 heteroatoms. The van der Waals surface area contributed by atoms with Crippen molar-refractivity contribution in [3.8, 4) is 0 Å². The number of nitro groups is 1. The van der Waals surface area contributed by atoms with E-state index in [1.807, 2.05) is 0 Å². The first kappa shape index (κ1) is 11.2. The number of carbonyl (C=O) groups is 1. The highest BCUT2D eigenvalue weighted by Crippen LogP contribution is 2.20. The minimum Gasteiger partial charge on any atom is -0.288 e. The molecule has 1 rings (SSSR count). The predicted octanol–water partition coefficient (Wildman–Crippen LogP) is 2.35. The van der Waals surface area contributed by atoms with Gasteiger partial charge in [-0.15, -0.1) is 0 Å². The lowest BCUT2D eigenvalue weighted by Gasteiger charge is -2.01. The molecule has 0 atom stereocenters. The van der Waals surface area contributed by atoms with Gasteiger partial charge < -0.3 is 0 Å². The lowest BCUT2D eigenvalue weighted by molar-refractivity contribution is -0.385. The molecule has 0 aliphatic heterocycles. The summed E-state index contributed by atoms with van der Waals surface area (Å²) in [5.74, 6) is -1.33. The Kier molecular flexibility index (Phi) is 3.08. The molecule has 0 aromatic heterocycles. The Balaban J connectivity index is 3.12. The first-order valence-corrected chi connectivity index (χ1v) is 4.01.